The number of fused-ring (bicyclic) bond motifs is 2. The van der Waals surface area contributed by atoms with E-state index in [4.69, 9.17) is 16.0 Å². The number of benzene rings is 2. The molecule has 2 heterocycles. The average molecular weight is 297 g/mol. The zero-order chi connectivity index (χ0) is 14.2. The van der Waals surface area contributed by atoms with Gasteiger partial charge in [0.2, 0.25) is 0 Å². The highest BCUT2D eigenvalue weighted by molar-refractivity contribution is 6.30. The molecule has 0 saturated heterocycles. The zero-order valence-corrected chi connectivity index (χ0v) is 11.9. The third kappa shape index (κ3) is 2.16. The summed E-state index contributed by atoms with van der Waals surface area (Å²) in [5.74, 6) is 0. The fraction of sp³-hybridized carbons (Fsp3) is 0.0588. The van der Waals surface area contributed by atoms with Gasteiger partial charge in [-0.25, -0.2) is 0 Å². The van der Waals surface area contributed by atoms with E-state index in [0.29, 0.717) is 11.8 Å². The summed E-state index contributed by atoms with van der Waals surface area (Å²) in [6.45, 7) is 0.631. The molecule has 2 aromatic heterocycles. The Morgan fingerprint density at radius 1 is 1.10 bits per heavy atom. The molecule has 104 valence electrons. The number of furan rings is 1. The van der Waals surface area contributed by atoms with Crippen molar-refractivity contribution in [2.45, 2.75) is 6.54 Å². The van der Waals surface area contributed by atoms with Crippen LogP contribution in [0.2, 0.25) is 5.22 Å². The molecule has 2 N–H and O–H groups in total. The Hall–Kier alpha value is -2.39. The summed E-state index contributed by atoms with van der Waals surface area (Å²) in [7, 11) is 0. The van der Waals surface area contributed by atoms with Crippen molar-refractivity contribution in [2.24, 2.45) is 0 Å². The number of nitrogens with one attached hydrogen (secondary N) is 2. The molecule has 2 aromatic carbocycles. The van der Waals surface area contributed by atoms with Crippen molar-refractivity contribution in [3.8, 4) is 0 Å². The van der Waals surface area contributed by atoms with E-state index in [2.05, 4.69) is 34.6 Å². The lowest BCUT2D eigenvalue weighted by Crippen LogP contribution is -1.98. The second-order valence-electron chi connectivity index (χ2n) is 4.98. The Bertz CT molecular complexity index is 923. The van der Waals surface area contributed by atoms with E-state index in [1.807, 2.05) is 30.5 Å². The highest BCUT2D eigenvalue weighted by Gasteiger charge is 2.11. The topological polar surface area (TPSA) is 41.0 Å². The molecule has 0 aliphatic rings. The smallest absolute Gasteiger partial charge is 0.199 e. The highest BCUT2D eigenvalue weighted by atomic mass is 35.5. The first-order valence-corrected chi connectivity index (χ1v) is 7.16. The molecule has 3 nitrogen and oxygen atoms in total. The summed E-state index contributed by atoms with van der Waals surface area (Å²) in [4.78, 5) is 3.19. The van der Waals surface area contributed by atoms with Crippen molar-refractivity contribution in [3.63, 3.8) is 0 Å². The maximum atomic E-state index is 6.20. The minimum Gasteiger partial charge on any atom is -0.444 e. The molecule has 21 heavy (non-hydrogen) atoms. The van der Waals surface area contributed by atoms with Crippen molar-refractivity contribution >= 4 is 39.2 Å². The average Bonchev–Trinajstić information content (AvgIpc) is 3.08. The van der Waals surface area contributed by atoms with E-state index in [1.54, 1.807) is 0 Å². The van der Waals surface area contributed by atoms with Crippen molar-refractivity contribution in [2.75, 3.05) is 5.32 Å². The van der Waals surface area contributed by atoms with Gasteiger partial charge in [-0.1, -0.05) is 18.2 Å². The van der Waals surface area contributed by atoms with Crippen LogP contribution in [0.1, 0.15) is 5.56 Å². The number of anilines is 1. The molecule has 0 spiro atoms. The standard InChI is InChI=1S/C17H13ClN2O/c18-17-14(13-3-1-2-4-16(13)21-17)10-20-12-5-6-15-11(9-12)7-8-19-15/h1-9,19-20H,10H2. The molecule has 0 unspecified atom stereocenters. The minimum absolute atomic E-state index is 0.450. The highest BCUT2D eigenvalue weighted by Crippen LogP contribution is 2.30. The molecular formula is C17H13ClN2O. The summed E-state index contributed by atoms with van der Waals surface area (Å²) < 4.78 is 5.57. The molecule has 0 fully saturated rings. The first-order chi connectivity index (χ1) is 10.3. The molecule has 0 amide bonds. The Morgan fingerprint density at radius 3 is 2.95 bits per heavy atom. The van der Waals surface area contributed by atoms with Gasteiger partial charge in [0.15, 0.2) is 5.22 Å². The number of hydrogen-bond donors (Lipinski definition) is 2. The number of para-hydroxylation sites is 1. The van der Waals surface area contributed by atoms with E-state index >= 15 is 0 Å². The van der Waals surface area contributed by atoms with Crippen LogP contribution >= 0.6 is 11.6 Å². The maximum absolute atomic E-state index is 6.20. The third-order valence-corrected chi connectivity index (χ3v) is 3.98. The number of halogens is 1. The van der Waals surface area contributed by atoms with Gasteiger partial charge in [-0.15, -0.1) is 0 Å². The maximum Gasteiger partial charge on any atom is 0.199 e. The van der Waals surface area contributed by atoms with E-state index in [9.17, 15) is 0 Å². The molecule has 0 aliphatic heterocycles. The van der Waals surface area contributed by atoms with Crippen LogP contribution in [-0.2, 0) is 6.54 Å². The zero-order valence-electron chi connectivity index (χ0n) is 11.2. The third-order valence-electron chi connectivity index (χ3n) is 3.67. The molecule has 0 bridgehead atoms. The van der Waals surface area contributed by atoms with Crippen LogP contribution in [-0.4, -0.2) is 4.98 Å². The van der Waals surface area contributed by atoms with Gasteiger partial charge in [0, 0.05) is 40.3 Å². The lowest BCUT2D eigenvalue weighted by Gasteiger charge is -2.06. The second-order valence-corrected chi connectivity index (χ2v) is 5.33. The van der Waals surface area contributed by atoms with Gasteiger partial charge in [-0.05, 0) is 41.9 Å². The van der Waals surface area contributed by atoms with Gasteiger partial charge >= 0.3 is 0 Å². The van der Waals surface area contributed by atoms with Crippen LogP contribution in [0.4, 0.5) is 5.69 Å². The largest absolute Gasteiger partial charge is 0.444 e. The predicted octanol–water partition coefficient (Wildman–Crippen LogP) is 5.18. The van der Waals surface area contributed by atoms with E-state index in [0.717, 1.165) is 27.7 Å². The number of rotatable bonds is 3. The van der Waals surface area contributed by atoms with Crippen LogP contribution < -0.4 is 5.32 Å². The lowest BCUT2D eigenvalue weighted by molar-refractivity contribution is 0.613. The van der Waals surface area contributed by atoms with Crippen LogP contribution in [0, 0.1) is 0 Å². The van der Waals surface area contributed by atoms with Gasteiger partial charge in [-0.3, -0.25) is 0 Å². The Balaban J connectivity index is 1.64. The monoisotopic (exact) mass is 296 g/mol. The van der Waals surface area contributed by atoms with Gasteiger partial charge in [-0.2, -0.15) is 0 Å². The van der Waals surface area contributed by atoms with Crippen molar-refractivity contribution < 1.29 is 4.42 Å². The van der Waals surface area contributed by atoms with Crippen molar-refractivity contribution in [1.29, 1.82) is 0 Å². The fourth-order valence-corrected chi connectivity index (χ4v) is 2.84. The molecule has 4 heteroatoms. The van der Waals surface area contributed by atoms with E-state index in [1.165, 1.54) is 5.39 Å². The van der Waals surface area contributed by atoms with Crippen LogP contribution in [0.3, 0.4) is 0 Å². The number of aromatic nitrogens is 1. The van der Waals surface area contributed by atoms with Gasteiger partial charge in [0.1, 0.15) is 5.58 Å². The van der Waals surface area contributed by atoms with Gasteiger partial charge < -0.3 is 14.7 Å². The van der Waals surface area contributed by atoms with E-state index in [-0.39, 0.29) is 0 Å². The van der Waals surface area contributed by atoms with Crippen molar-refractivity contribution in [3.05, 3.63) is 65.5 Å². The molecular weight excluding hydrogens is 284 g/mol. The second kappa shape index (κ2) is 4.86. The first-order valence-electron chi connectivity index (χ1n) is 6.78. The Kier molecular flexibility index (Phi) is 2.86. The van der Waals surface area contributed by atoms with Crippen LogP contribution in [0.15, 0.2) is 59.1 Å². The van der Waals surface area contributed by atoms with Crippen LogP contribution in [0.5, 0.6) is 0 Å². The SMILES string of the molecule is Clc1oc2ccccc2c1CNc1ccc2[nH]ccc2c1. The summed E-state index contributed by atoms with van der Waals surface area (Å²) in [6.07, 6.45) is 1.94. The van der Waals surface area contributed by atoms with Crippen LogP contribution in [0.25, 0.3) is 21.9 Å². The lowest BCUT2D eigenvalue weighted by atomic mass is 10.1. The van der Waals surface area contributed by atoms with E-state index < -0.39 is 0 Å². The molecule has 0 atom stereocenters. The first kappa shape index (κ1) is 12.4. The normalized spacial score (nSPS) is 11.3. The number of aromatic amines is 1. The summed E-state index contributed by atoms with van der Waals surface area (Å²) in [5, 5.41) is 6.09. The fourth-order valence-electron chi connectivity index (χ4n) is 2.59. The Labute approximate surface area is 126 Å². The quantitative estimate of drug-likeness (QED) is 0.547. The molecule has 0 radical (unpaired) electrons. The Morgan fingerprint density at radius 2 is 2.00 bits per heavy atom. The number of hydrogen-bond acceptors (Lipinski definition) is 2. The number of H-pyrrole nitrogens is 1. The summed E-state index contributed by atoms with van der Waals surface area (Å²) >= 11 is 6.20. The summed E-state index contributed by atoms with van der Waals surface area (Å²) in [5.41, 5.74) is 4.00. The summed E-state index contributed by atoms with van der Waals surface area (Å²) in [6, 6.07) is 16.2. The molecule has 0 aliphatic carbocycles. The molecule has 0 saturated carbocycles. The molecule has 4 aromatic rings. The minimum atomic E-state index is 0.450. The predicted molar refractivity (Wildman–Crippen MR) is 86.8 cm³/mol. The van der Waals surface area contributed by atoms with Gasteiger partial charge in [0.25, 0.3) is 0 Å². The van der Waals surface area contributed by atoms with Gasteiger partial charge in [0.05, 0.1) is 0 Å². The van der Waals surface area contributed by atoms with Crippen molar-refractivity contribution in [1.82, 2.24) is 4.98 Å². The molecule has 4 rings (SSSR count).